The van der Waals surface area contributed by atoms with Gasteiger partial charge in [0, 0.05) is 19.6 Å². The molecular formula is C9H22N2O2S. The molecule has 0 heterocycles. The number of hydrogen-bond donors (Lipinski definition) is 1. The van der Waals surface area contributed by atoms with Crippen LogP contribution in [-0.2, 0) is 9.84 Å². The first-order valence-electron chi connectivity index (χ1n) is 4.93. The first-order valence-corrected chi connectivity index (χ1v) is 6.65. The van der Waals surface area contributed by atoms with E-state index < -0.39 is 9.84 Å². The molecule has 14 heavy (non-hydrogen) atoms. The van der Waals surface area contributed by atoms with Gasteiger partial charge >= 0.3 is 0 Å². The van der Waals surface area contributed by atoms with Crippen molar-refractivity contribution in [2.75, 3.05) is 39.5 Å². The molecule has 0 aromatic heterocycles. The van der Waals surface area contributed by atoms with Crippen LogP contribution in [0.25, 0.3) is 0 Å². The third kappa shape index (κ3) is 6.34. The van der Waals surface area contributed by atoms with E-state index in [9.17, 15) is 8.42 Å². The minimum Gasteiger partial charge on any atom is -0.314 e. The molecule has 0 aromatic rings. The van der Waals surface area contributed by atoms with Gasteiger partial charge in [-0.05, 0) is 27.9 Å². The lowest BCUT2D eigenvalue weighted by atomic mass is 10.5. The molecule has 0 unspecified atom stereocenters. The molecule has 0 bridgehead atoms. The van der Waals surface area contributed by atoms with Crippen LogP contribution in [0.2, 0.25) is 0 Å². The van der Waals surface area contributed by atoms with Crippen LogP contribution in [0.3, 0.4) is 0 Å². The van der Waals surface area contributed by atoms with Crippen LogP contribution < -0.4 is 5.32 Å². The third-order valence-corrected chi connectivity index (χ3v) is 4.23. The van der Waals surface area contributed by atoms with Crippen molar-refractivity contribution in [3.05, 3.63) is 0 Å². The number of nitrogens with one attached hydrogen (secondary N) is 1. The number of likely N-dealkylation sites (N-methyl/N-ethyl adjacent to an activating group) is 1. The molecule has 0 aromatic carbocycles. The van der Waals surface area contributed by atoms with Gasteiger partial charge in [-0.1, -0.05) is 0 Å². The molecule has 0 aliphatic carbocycles. The van der Waals surface area contributed by atoms with Crippen molar-refractivity contribution < 1.29 is 8.42 Å². The van der Waals surface area contributed by atoms with E-state index in [1.807, 2.05) is 14.1 Å². The molecule has 0 amide bonds. The lowest BCUT2D eigenvalue weighted by Gasteiger charge is -2.11. The Morgan fingerprint density at radius 3 is 2.21 bits per heavy atom. The summed E-state index contributed by atoms with van der Waals surface area (Å²) in [6.45, 7) is 5.75. The maximum Gasteiger partial charge on any atom is 0.153 e. The first-order chi connectivity index (χ1) is 6.36. The van der Waals surface area contributed by atoms with E-state index in [1.165, 1.54) is 0 Å². The minimum atomic E-state index is -2.88. The summed E-state index contributed by atoms with van der Waals surface area (Å²) in [6.07, 6.45) is 0. The van der Waals surface area contributed by atoms with Crippen molar-refractivity contribution in [3.63, 3.8) is 0 Å². The summed E-state index contributed by atoms with van der Waals surface area (Å²) in [6, 6.07) is 0. The molecule has 0 aliphatic heterocycles. The van der Waals surface area contributed by atoms with Crippen molar-refractivity contribution in [2.24, 2.45) is 0 Å². The van der Waals surface area contributed by atoms with Crippen molar-refractivity contribution >= 4 is 9.84 Å². The standard InChI is InChI=1S/C9H22N2O2S/c1-9(2)14(12,13)8-6-10-5-7-11(3)4/h9-10H,5-8H2,1-4H3. The molecule has 1 N–H and O–H groups in total. The second-order valence-corrected chi connectivity index (χ2v) is 6.65. The largest absolute Gasteiger partial charge is 0.314 e. The van der Waals surface area contributed by atoms with Crippen LogP contribution >= 0.6 is 0 Å². The molecular weight excluding hydrogens is 200 g/mol. The molecule has 0 radical (unpaired) electrons. The smallest absolute Gasteiger partial charge is 0.153 e. The summed E-state index contributed by atoms with van der Waals surface area (Å²) in [7, 11) is 1.11. The van der Waals surface area contributed by atoms with Gasteiger partial charge in [-0.25, -0.2) is 8.42 Å². The van der Waals surface area contributed by atoms with Gasteiger partial charge in [0.15, 0.2) is 9.84 Å². The summed E-state index contributed by atoms with van der Waals surface area (Å²) in [5, 5.41) is 2.84. The van der Waals surface area contributed by atoms with E-state index in [2.05, 4.69) is 10.2 Å². The number of rotatable bonds is 7. The van der Waals surface area contributed by atoms with Crippen LogP contribution in [0.4, 0.5) is 0 Å². The van der Waals surface area contributed by atoms with Crippen LogP contribution in [0.1, 0.15) is 13.8 Å². The maximum absolute atomic E-state index is 11.4. The number of hydrogen-bond acceptors (Lipinski definition) is 4. The Balaban J connectivity index is 3.55. The Kier molecular flexibility index (Phi) is 6.31. The van der Waals surface area contributed by atoms with Gasteiger partial charge in [0.2, 0.25) is 0 Å². The molecule has 0 fully saturated rings. The van der Waals surface area contributed by atoms with E-state index in [4.69, 9.17) is 0 Å². The highest BCUT2D eigenvalue weighted by Crippen LogP contribution is 1.98. The lowest BCUT2D eigenvalue weighted by Crippen LogP contribution is -2.31. The average Bonchev–Trinajstić information content (AvgIpc) is 2.02. The summed E-state index contributed by atoms with van der Waals surface area (Å²) in [5.74, 6) is 0.234. The van der Waals surface area contributed by atoms with E-state index in [0.717, 1.165) is 13.1 Å². The van der Waals surface area contributed by atoms with Crippen LogP contribution in [-0.4, -0.2) is 58.1 Å². The quantitative estimate of drug-likeness (QED) is 0.614. The summed E-state index contributed by atoms with van der Waals surface area (Å²) in [5.41, 5.74) is 0. The topological polar surface area (TPSA) is 49.4 Å². The van der Waals surface area contributed by atoms with Crippen molar-refractivity contribution in [1.82, 2.24) is 10.2 Å². The third-order valence-electron chi connectivity index (χ3n) is 2.02. The van der Waals surface area contributed by atoms with E-state index >= 15 is 0 Å². The van der Waals surface area contributed by atoms with E-state index in [1.54, 1.807) is 13.8 Å². The Morgan fingerprint density at radius 1 is 1.21 bits per heavy atom. The normalized spacial score (nSPS) is 12.7. The molecule has 0 atom stereocenters. The zero-order valence-electron chi connectivity index (χ0n) is 9.58. The predicted octanol–water partition coefficient (Wildman–Crippen LogP) is -0.0392. The summed E-state index contributed by atoms with van der Waals surface area (Å²) in [4.78, 5) is 2.06. The predicted molar refractivity (Wildman–Crippen MR) is 60.3 cm³/mol. The fourth-order valence-electron chi connectivity index (χ4n) is 0.878. The second-order valence-electron chi connectivity index (χ2n) is 3.97. The molecule has 86 valence electrons. The number of sulfone groups is 1. The van der Waals surface area contributed by atoms with Crippen molar-refractivity contribution in [2.45, 2.75) is 19.1 Å². The SMILES string of the molecule is CC(C)S(=O)(=O)CCNCCN(C)C. The summed E-state index contributed by atoms with van der Waals surface area (Å²) >= 11 is 0. The Bertz CT molecular complexity index is 235. The van der Waals surface area contributed by atoms with Gasteiger partial charge < -0.3 is 10.2 Å². The van der Waals surface area contributed by atoms with Crippen LogP contribution in [0.5, 0.6) is 0 Å². The van der Waals surface area contributed by atoms with Gasteiger partial charge in [-0.15, -0.1) is 0 Å². The maximum atomic E-state index is 11.4. The van der Waals surface area contributed by atoms with Gasteiger partial charge in [0.25, 0.3) is 0 Å². The van der Waals surface area contributed by atoms with E-state index in [0.29, 0.717) is 6.54 Å². The first kappa shape index (κ1) is 13.9. The van der Waals surface area contributed by atoms with Gasteiger partial charge in [-0.3, -0.25) is 0 Å². The molecule has 0 saturated carbocycles. The fraction of sp³-hybridized carbons (Fsp3) is 1.00. The highest BCUT2D eigenvalue weighted by atomic mass is 32.2. The van der Waals surface area contributed by atoms with Crippen LogP contribution in [0, 0.1) is 0 Å². The zero-order chi connectivity index (χ0) is 11.2. The minimum absolute atomic E-state index is 0.234. The van der Waals surface area contributed by atoms with Gasteiger partial charge in [-0.2, -0.15) is 0 Å². The molecule has 0 spiro atoms. The van der Waals surface area contributed by atoms with E-state index in [-0.39, 0.29) is 11.0 Å². The average molecular weight is 222 g/mol. The molecule has 0 saturated heterocycles. The van der Waals surface area contributed by atoms with Crippen molar-refractivity contribution in [3.8, 4) is 0 Å². The second kappa shape index (κ2) is 6.37. The monoisotopic (exact) mass is 222 g/mol. The Hall–Kier alpha value is -0.130. The zero-order valence-corrected chi connectivity index (χ0v) is 10.4. The van der Waals surface area contributed by atoms with Crippen molar-refractivity contribution in [1.29, 1.82) is 0 Å². The molecule has 0 aliphatic rings. The molecule has 5 heteroatoms. The molecule has 4 nitrogen and oxygen atoms in total. The summed E-state index contributed by atoms with van der Waals surface area (Å²) < 4.78 is 22.8. The van der Waals surface area contributed by atoms with Crippen LogP contribution in [0.15, 0.2) is 0 Å². The van der Waals surface area contributed by atoms with Gasteiger partial charge in [0.05, 0.1) is 11.0 Å². The lowest BCUT2D eigenvalue weighted by molar-refractivity contribution is 0.402. The Morgan fingerprint density at radius 2 is 1.79 bits per heavy atom. The van der Waals surface area contributed by atoms with Gasteiger partial charge in [0.1, 0.15) is 0 Å². The highest BCUT2D eigenvalue weighted by molar-refractivity contribution is 7.92. The highest BCUT2D eigenvalue weighted by Gasteiger charge is 2.14. The molecule has 0 rings (SSSR count). The number of nitrogens with zero attached hydrogens (tertiary/aromatic N) is 1. The Labute approximate surface area is 87.6 Å². The fourth-order valence-corrected chi connectivity index (χ4v) is 1.78.